The number of carbonyl (C=O) groups is 1. The molecule has 2 rings (SSSR count). The van der Waals surface area contributed by atoms with Crippen LogP contribution < -0.4 is 0 Å². The van der Waals surface area contributed by atoms with Crippen molar-refractivity contribution in [3.05, 3.63) is 46.6 Å². The van der Waals surface area contributed by atoms with Gasteiger partial charge in [0.05, 0.1) is 10.4 Å². The van der Waals surface area contributed by atoms with Crippen molar-refractivity contribution in [1.29, 1.82) is 0 Å². The Balaban J connectivity index is 2.59. The SMILES string of the molecule is Cc1ccc(-c2sccc2C(=O)O)c(F)c1. The fraction of sp³-hybridized carbons (Fsp3) is 0.0833. The van der Waals surface area contributed by atoms with Crippen LogP contribution in [0.5, 0.6) is 0 Å². The van der Waals surface area contributed by atoms with E-state index in [0.717, 1.165) is 5.56 Å². The molecule has 1 heterocycles. The Morgan fingerprint density at radius 2 is 2.12 bits per heavy atom. The molecule has 1 N–H and O–H groups in total. The Bertz CT molecular complexity index is 546. The van der Waals surface area contributed by atoms with Crippen LogP contribution in [0.15, 0.2) is 29.6 Å². The number of halogens is 1. The molecule has 0 aliphatic rings. The molecule has 0 radical (unpaired) electrons. The first-order chi connectivity index (χ1) is 7.59. The molecule has 4 heteroatoms. The van der Waals surface area contributed by atoms with Crippen molar-refractivity contribution in [2.24, 2.45) is 0 Å². The van der Waals surface area contributed by atoms with Gasteiger partial charge in [0.1, 0.15) is 5.82 Å². The molecule has 0 atom stereocenters. The fourth-order valence-corrected chi connectivity index (χ4v) is 2.41. The number of carboxylic acid groups (broad SMARTS) is 1. The molecule has 0 saturated carbocycles. The van der Waals surface area contributed by atoms with Crippen LogP contribution in [0.25, 0.3) is 10.4 Å². The molecular weight excluding hydrogens is 227 g/mol. The lowest BCUT2D eigenvalue weighted by Gasteiger charge is -2.03. The highest BCUT2D eigenvalue weighted by Crippen LogP contribution is 2.31. The summed E-state index contributed by atoms with van der Waals surface area (Å²) < 4.78 is 13.7. The van der Waals surface area contributed by atoms with Crippen molar-refractivity contribution in [3.8, 4) is 10.4 Å². The number of aryl methyl sites for hydroxylation is 1. The summed E-state index contributed by atoms with van der Waals surface area (Å²) in [5.41, 5.74) is 1.31. The van der Waals surface area contributed by atoms with Gasteiger partial charge in [-0.25, -0.2) is 9.18 Å². The molecule has 82 valence electrons. The number of thiophene rings is 1. The first-order valence-electron chi connectivity index (χ1n) is 4.67. The van der Waals surface area contributed by atoms with Gasteiger partial charge in [-0.15, -0.1) is 11.3 Å². The monoisotopic (exact) mass is 236 g/mol. The summed E-state index contributed by atoms with van der Waals surface area (Å²) in [6, 6.07) is 6.27. The molecule has 2 nitrogen and oxygen atoms in total. The van der Waals surface area contributed by atoms with Crippen molar-refractivity contribution in [2.45, 2.75) is 6.92 Å². The van der Waals surface area contributed by atoms with Crippen LogP contribution in [-0.4, -0.2) is 11.1 Å². The molecule has 0 saturated heterocycles. The van der Waals surface area contributed by atoms with Gasteiger partial charge in [-0.1, -0.05) is 12.1 Å². The van der Waals surface area contributed by atoms with Crippen molar-refractivity contribution in [1.82, 2.24) is 0 Å². The number of hydrogen-bond donors (Lipinski definition) is 1. The zero-order chi connectivity index (χ0) is 11.7. The van der Waals surface area contributed by atoms with Gasteiger partial charge in [0.25, 0.3) is 0 Å². The maximum Gasteiger partial charge on any atom is 0.337 e. The van der Waals surface area contributed by atoms with Crippen LogP contribution in [0.4, 0.5) is 4.39 Å². The number of aromatic carboxylic acids is 1. The van der Waals surface area contributed by atoms with Crippen LogP contribution in [-0.2, 0) is 0 Å². The van der Waals surface area contributed by atoms with Crippen molar-refractivity contribution in [3.63, 3.8) is 0 Å². The molecule has 1 aromatic carbocycles. The predicted octanol–water partition coefficient (Wildman–Crippen LogP) is 3.56. The summed E-state index contributed by atoms with van der Waals surface area (Å²) in [5.74, 6) is -1.42. The van der Waals surface area contributed by atoms with Crippen molar-refractivity contribution in [2.75, 3.05) is 0 Å². The van der Waals surface area contributed by atoms with Crippen LogP contribution in [0, 0.1) is 12.7 Å². The second kappa shape index (κ2) is 4.06. The molecule has 0 unspecified atom stereocenters. The molecule has 2 aromatic rings. The molecular formula is C12H9FO2S. The van der Waals surface area contributed by atoms with Gasteiger partial charge in [0.2, 0.25) is 0 Å². The average molecular weight is 236 g/mol. The summed E-state index contributed by atoms with van der Waals surface area (Å²) in [7, 11) is 0. The maximum atomic E-state index is 13.7. The number of rotatable bonds is 2. The highest BCUT2D eigenvalue weighted by Gasteiger charge is 2.15. The summed E-state index contributed by atoms with van der Waals surface area (Å²) in [6.45, 7) is 1.79. The largest absolute Gasteiger partial charge is 0.478 e. The fourth-order valence-electron chi connectivity index (χ4n) is 1.49. The Labute approximate surface area is 96.0 Å². The zero-order valence-electron chi connectivity index (χ0n) is 8.53. The Hall–Kier alpha value is -1.68. The standard InChI is InChI=1S/C12H9FO2S/c1-7-2-3-8(10(13)6-7)11-9(12(14)15)4-5-16-11/h2-6H,1H3,(H,14,15). The van der Waals surface area contributed by atoms with Gasteiger partial charge < -0.3 is 5.11 Å². The highest BCUT2D eigenvalue weighted by molar-refractivity contribution is 7.14. The topological polar surface area (TPSA) is 37.3 Å². The lowest BCUT2D eigenvalue weighted by Crippen LogP contribution is -1.96. The Morgan fingerprint density at radius 1 is 1.38 bits per heavy atom. The zero-order valence-corrected chi connectivity index (χ0v) is 9.34. The van der Waals surface area contributed by atoms with Crippen LogP contribution in [0.3, 0.4) is 0 Å². The molecule has 0 fully saturated rings. The highest BCUT2D eigenvalue weighted by atomic mass is 32.1. The number of hydrogen-bond acceptors (Lipinski definition) is 2. The Kier molecular flexibility index (Phi) is 2.75. The van der Waals surface area contributed by atoms with Gasteiger partial charge in [0.15, 0.2) is 0 Å². The van der Waals surface area contributed by atoms with E-state index in [0.29, 0.717) is 10.4 Å². The average Bonchev–Trinajstić information content (AvgIpc) is 2.66. The van der Waals surface area contributed by atoms with E-state index >= 15 is 0 Å². The van der Waals surface area contributed by atoms with Gasteiger partial charge in [0, 0.05) is 5.56 Å². The normalized spacial score (nSPS) is 10.4. The van der Waals surface area contributed by atoms with E-state index in [9.17, 15) is 9.18 Å². The number of carboxylic acids is 1. The van der Waals surface area contributed by atoms with Crippen LogP contribution >= 0.6 is 11.3 Å². The summed E-state index contributed by atoms with van der Waals surface area (Å²) in [4.78, 5) is 11.4. The lowest BCUT2D eigenvalue weighted by molar-refractivity contribution is 0.0698. The van der Waals surface area contributed by atoms with Crippen molar-refractivity contribution >= 4 is 17.3 Å². The van der Waals surface area contributed by atoms with Gasteiger partial charge >= 0.3 is 5.97 Å². The Morgan fingerprint density at radius 3 is 2.75 bits per heavy atom. The van der Waals surface area contributed by atoms with E-state index in [2.05, 4.69) is 0 Å². The van der Waals surface area contributed by atoms with Crippen LogP contribution in [0.2, 0.25) is 0 Å². The van der Waals surface area contributed by atoms with E-state index in [1.54, 1.807) is 24.4 Å². The van der Waals surface area contributed by atoms with Gasteiger partial charge in [-0.3, -0.25) is 0 Å². The third-order valence-electron chi connectivity index (χ3n) is 2.26. The molecule has 0 bridgehead atoms. The second-order valence-electron chi connectivity index (χ2n) is 3.45. The predicted molar refractivity (Wildman–Crippen MR) is 61.4 cm³/mol. The second-order valence-corrected chi connectivity index (χ2v) is 4.37. The maximum absolute atomic E-state index is 13.7. The minimum Gasteiger partial charge on any atom is -0.478 e. The summed E-state index contributed by atoms with van der Waals surface area (Å²) in [6.07, 6.45) is 0. The summed E-state index contributed by atoms with van der Waals surface area (Å²) in [5, 5.41) is 10.6. The minimum atomic E-state index is -1.03. The van der Waals surface area contributed by atoms with E-state index in [4.69, 9.17) is 5.11 Å². The lowest BCUT2D eigenvalue weighted by atomic mass is 10.1. The van der Waals surface area contributed by atoms with E-state index in [1.807, 2.05) is 0 Å². The van der Waals surface area contributed by atoms with Gasteiger partial charge in [-0.2, -0.15) is 0 Å². The smallest absolute Gasteiger partial charge is 0.337 e. The molecule has 0 aliphatic carbocycles. The van der Waals surface area contributed by atoms with E-state index in [1.165, 1.54) is 23.5 Å². The molecule has 0 amide bonds. The quantitative estimate of drug-likeness (QED) is 0.865. The minimum absolute atomic E-state index is 0.146. The molecule has 0 spiro atoms. The third kappa shape index (κ3) is 1.84. The third-order valence-corrected chi connectivity index (χ3v) is 3.21. The first-order valence-corrected chi connectivity index (χ1v) is 5.55. The summed E-state index contributed by atoms with van der Waals surface area (Å²) >= 11 is 1.23. The van der Waals surface area contributed by atoms with Gasteiger partial charge in [-0.05, 0) is 30.0 Å². The first kappa shape index (κ1) is 10.8. The molecule has 1 aromatic heterocycles. The van der Waals surface area contributed by atoms with Crippen molar-refractivity contribution < 1.29 is 14.3 Å². The molecule has 0 aliphatic heterocycles. The van der Waals surface area contributed by atoms with E-state index in [-0.39, 0.29) is 11.4 Å². The number of benzene rings is 1. The molecule has 16 heavy (non-hydrogen) atoms. The van der Waals surface area contributed by atoms with Crippen LogP contribution in [0.1, 0.15) is 15.9 Å². The van der Waals surface area contributed by atoms with E-state index < -0.39 is 5.97 Å².